The lowest BCUT2D eigenvalue weighted by molar-refractivity contribution is 0.0694. The standard InChI is InChI=1S/C15H17N3O3/c1-17(2)9-10-18-13(12-5-3-4-8-16-12)7-6-11(14(18)19)15(20)21/h3-8H,9-10H2,1-2H3,(H,20,21). The fourth-order valence-electron chi connectivity index (χ4n) is 2.00. The van der Waals surface area contributed by atoms with Gasteiger partial charge in [-0.15, -0.1) is 0 Å². The average Bonchev–Trinajstić information content (AvgIpc) is 2.46. The van der Waals surface area contributed by atoms with Crippen LogP contribution in [0, 0.1) is 0 Å². The third-order valence-corrected chi connectivity index (χ3v) is 3.10. The minimum Gasteiger partial charge on any atom is -0.477 e. The number of aromatic carboxylic acids is 1. The molecule has 21 heavy (non-hydrogen) atoms. The first-order valence-corrected chi connectivity index (χ1v) is 6.54. The molecule has 2 aromatic rings. The van der Waals surface area contributed by atoms with Gasteiger partial charge in [0.25, 0.3) is 5.56 Å². The number of likely N-dealkylation sites (N-methyl/N-ethyl adjacent to an activating group) is 1. The number of carboxylic acid groups (broad SMARTS) is 1. The number of hydrogen-bond donors (Lipinski definition) is 1. The number of pyridine rings is 2. The van der Waals surface area contributed by atoms with Crippen LogP contribution >= 0.6 is 0 Å². The van der Waals surface area contributed by atoms with Crippen LogP contribution in [0.5, 0.6) is 0 Å². The van der Waals surface area contributed by atoms with Crippen LogP contribution in [0.2, 0.25) is 0 Å². The lowest BCUT2D eigenvalue weighted by Gasteiger charge is -2.16. The molecular formula is C15H17N3O3. The van der Waals surface area contributed by atoms with E-state index in [1.807, 2.05) is 25.1 Å². The van der Waals surface area contributed by atoms with E-state index >= 15 is 0 Å². The number of rotatable bonds is 5. The Hall–Kier alpha value is -2.47. The van der Waals surface area contributed by atoms with Crippen LogP contribution < -0.4 is 5.56 Å². The van der Waals surface area contributed by atoms with Gasteiger partial charge in [0.2, 0.25) is 0 Å². The van der Waals surface area contributed by atoms with E-state index in [0.717, 1.165) is 0 Å². The second kappa shape index (κ2) is 6.32. The smallest absolute Gasteiger partial charge is 0.341 e. The first-order valence-electron chi connectivity index (χ1n) is 6.54. The molecule has 2 heterocycles. The SMILES string of the molecule is CN(C)CCn1c(-c2ccccn2)ccc(C(=O)O)c1=O. The second-order valence-corrected chi connectivity index (χ2v) is 4.91. The molecule has 0 spiro atoms. The van der Waals surface area contributed by atoms with Gasteiger partial charge in [-0.05, 0) is 38.4 Å². The molecule has 6 nitrogen and oxygen atoms in total. The molecule has 0 fully saturated rings. The van der Waals surface area contributed by atoms with E-state index in [4.69, 9.17) is 5.11 Å². The summed E-state index contributed by atoms with van der Waals surface area (Å²) in [5.74, 6) is -1.22. The summed E-state index contributed by atoms with van der Waals surface area (Å²) in [6, 6.07) is 8.37. The topological polar surface area (TPSA) is 75.4 Å². The van der Waals surface area contributed by atoms with Crippen molar-refractivity contribution in [2.45, 2.75) is 6.54 Å². The van der Waals surface area contributed by atoms with Gasteiger partial charge in [-0.25, -0.2) is 4.79 Å². The monoisotopic (exact) mass is 287 g/mol. The van der Waals surface area contributed by atoms with Crippen LogP contribution in [0.3, 0.4) is 0 Å². The van der Waals surface area contributed by atoms with Crippen molar-refractivity contribution in [3.63, 3.8) is 0 Å². The molecule has 0 aliphatic heterocycles. The molecule has 2 rings (SSSR count). The largest absolute Gasteiger partial charge is 0.477 e. The number of hydrogen-bond acceptors (Lipinski definition) is 4. The zero-order valence-electron chi connectivity index (χ0n) is 12.0. The highest BCUT2D eigenvalue weighted by Gasteiger charge is 2.15. The molecule has 0 amide bonds. The molecule has 0 atom stereocenters. The summed E-state index contributed by atoms with van der Waals surface area (Å²) >= 11 is 0. The van der Waals surface area contributed by atoms with E-state index < -0.39 is 11.5 Å². The summed E-state index contributed by atoms with van der Waals surface area (Å²) in [6.45, 7) is 1.03. The zero-order chi connectivity index (χ0) is 15.4. The van der Waals surface area contributed by atoms with Crippen LogP contribution in [0.15, 0.2) is 41.3 Å². The summed E-state index contributed by atoms with van der Waals surface area (Å²) in [4.78, 5) is 29.6. The molecular weight excluding hydrogens is 270 g/mol. The van der Waals surface area contributed by atoms with E-state index in [1.54, 1.807) is 24.4 Å². The van der Waals surface area contributed by atoms with E-state index in [1.165, 1.54) is 10.6 Å². The van der Waals surface area contributed by atoms with Crippen LogP contribution in [0.4, 0.5) is 0 Å². The molecule has 2 aromatic heterocycles. The molecule has 0 aliphatic carbocycles. The molecule has 0 bridgehead atoms. The summed E-state index contributed by atoms with van der Waals surface area (Å²) in [5, 5.41) is 9.09. The molecule has 0 aromatic carbocycles. The van der Waals surface area contributed by atoms with E-state index in [9.17, 15) is 9.59 Å². The third kappa shape index (κ3) is 3.35. The van der Waals surface area contributed by atoms with Crippen molar-refractivity contribution >= 4 is 5.97 Å². The Kier molecular flexibility index (Phi) is 4.49. The van der Waals surface area contributed by atoms with Crippen molar-refractivity contribution in [1.82, 2.24) is 14.5 Å². The molecule has 1 N–H and O–H groups in total. The van der Waals surface area contributed by atoms with E-state index in [-0.39, 0.29) is 5.56 Å². The Morgan fingerprint density at radius 2 is 2.05 bits per heavy atom. The van der Waals surface area contributed by atoms with Gasteiger partial charge in [-0.2, -0.15) is 0 Å². The maximum Gasteiger partial charge on any atom is 0.341 e. The van der Waals surface area contributed by atoms with Crippen molar-refractivity contribution in [2.24, 2.45) is 0 Å². The van der Waals surface area contributed by atoms with Crippen molar-refractivity contribution in [1.29, 1.82) is 0 Å². The Balaban J connectivity index is 2.57. The van der Waals surface area contributed by atoms with Crippen molar-refractivity contribution < 1.29 is 9.90 Å². The number of carboxylic acids is 1. The summed E-state index contributed by atoms with van der Waals surface area (Å²) in [6.07, 6.45) is 1.64. The van der Waals surface area contributed by atoms with Crippen LogP contribution in [0.25, 0.3) is 11.4 Å². The lowest BCUT2D eigenvalue weighted by Crippen LogP contribution is -2.31. The summed E-state index contributed by atoms with van der Waals surface area (Å²) in [5.41, 5.74) is 0.527. The normalized spacial score (nSPS) is 10.8. The molecule has 0 saturated heterocycles. The maximum absolute atomic E-state index is 12.4. The van der Waals surface area contributed by atoms with Gasteiger partial charge < -0.3 is 14.6 Å². The highest BCUT2D eigenvalue weighted by molar-refractivity contribution is 5.87. The Morgan fingerprint density at radius 1 is 1.29 bits per heavy atom. The predicted octanol–water partition coefficient (Wildman–Crippen LogP) is 1.17. The highest BCUT2D eigenvalue weighted by Crippen LogP contribution is 2.15. The lowest BCUT2D eigenvalue weighted by atomic mass is 10.2. The first kappa shape index (κ1) is 14.9. The maximum atomic E-state index is 12.4. The summed E-state index contributed by atoms with van der Waals surface area (Å²) < 4.78 is 1.46. The molecule has 110 valence electrons. The molecule has 0 saturated carbocycles. The molecule has 0 unspecified atom stereocenters. The van der Waals surface area contributed by atoms with Gasteiger partial charge in [0.05, 0.1) is 11.4 Å². The van der Waals surface area contributed by atoms with Gasteiger partial charge in [0, 0.05) is 19.3 Å². The average molecular weight is 287 g/mol. The van der Waals surface area contributed by atoms with Crippen molar-refractivity contribution in [2.75, 3.05) is 20.6 Å². The highest BCUT2D eigenvalue weighted by atomic mass is 16.4. The van der Waals surface area contributed by atoms with E-state index in [2.05, 4.69) is 4.98 Å². The van der Waals surface area contributed by atoms with E-state index in [0.29, 0.717) is 24.5 Å². The van der Waals surface area contributed by atoms with Crippen molar-refractivity contribution in [3.8, 4) is 11.4 Å². The van der Waals surface area contributed by atoms with Crippen LogP contribution in [0.1, 0.15) is 10.4 Å². The van der Waals surface area contributed by atoms with Gasteiger partial charge in [0.15, 0.2) is 0 Å². The van der Waals surface area contributed by atoms with Gasteiger partial charge in [0.1, 0.15) is 5.56 Å². The quantitative estimate of drug-likeness (QED) is 0.893. The fraction of sp³-hybridized carbons (Fsp3) is 0.267. The number of nitrogens with zero attached hydrogens (tertiary/aromatic N) is 3. The van der Waals surface area contributed by atoms with Crippen molar-refractivity contribution in [3.05, 3.63) is 52.4 Å². The Morgan fingerprint density at radius 3 is 2.62 bits per heavy atom. The number of carbonyl (C=O) groups is 1. The van der Waals surface area contributed by atoms with Gasteiger partial charge in [-0.3, -0.25) is 9.78 Å². The van der Waals surface area contributed by atoms with Gasteiger partial charge in [-0.1, -0.05) is 6.07 Å². The number of aromatic nitrogens is 2. The zero-order valence-corrected chi connectivity index (χ0v) is 12.0. The Labute approximate surface area is 122 Å². The fourth-order valence-corrected chi connectivity index (χ4v) is 2.00. The Bertz CT molecular complexity index is 693. The molecule has 0 aliphatic rings. The van der Waals surface area contributed by atoms with Crippen LogP contribution in [-0.4, -0.2) is 46.2 Å². The van der Waals surface area contributed by atoms with Crippen LogP contribution in [-0.2, 0) is 6.54 Å². The minimum absolute atomic E-state index is 0.228. The predicted molar refractivity (Wildman–Crippen MR) is 79.4 cm³/mol. The minimum atomic E-state index is -1.22. The third-order valence-electron chi connectivity index (χ3n) is 3.10. The molecule has 6 heteroatoms. The molecule has 0 radical (unpaired) electrons. The summed E-state index contributed by atoms with van der Waals surface area (Å²) in [7, 11) is 3.79. The van der Waals surface area contributed by atoms with Gasteiger partial charge >= 0.3 is 5.97 Å². The first-order chi connectivity index (χ1) is 10.0. The second-order valence-electron chi connectivity index (χ2n) is 4.91.